The van der Waals surface area contributed by atoms with Crippen LogP contribution in [0.25, 0.3) is 0 Å². The van der Waals surface area contributed by atoms with E-state index in [4.69, 9.17) is 4.74 Å². The molecule has 0 bridgehead atoms. The minimum absolute atomic E-state index is 0.0256. The first-order chi connectivity index (χ1) is 14.5. The number of carbonyl (C=O) groups excluding carboxylic acids is 2. The fourth-order valence-corrected chi connectivity index (χ4v) is 3.39. The van der Waals surface area contributed by atoms with E-state index < -0.39 is 41.5 Å². The SMILES string of the molecule is COc1cccc(C2C(C(=O)C(C)C)=C(O)C(=O)N2c2cccc(OC(F)(F)F)c2)c1. The number of anilines is 1. The molecule has 3 rings (SSSR count). The van der Waals surface area contributed by atoms with Gasteiger partial charge in [-0.05, 0) is 29.8 Å². The van der Waals surface area contributed by atoms with Crippen molar-refractivity contribution in [2.45, 2.75) is 26.3 Å². The smallest absolute Gasteiger partial charge is 0.503 e. The number of amides is 1. The summed E-state index contributed by atoms with van der Waals surface area (Å²) in [5.74, 6) is -2.72. The van der Waals surface area contributed by atoms with E-state index >= 15 is 0 Å². The largest absolute Gasteiger partial charge is 0.573 e. The predicted molar refractivity (Wildman–Crippen MR) is 106 cm³/mol. The first-order valence-corrected chi connectivity index (χ1v) is 9.34. The fourth-order valence-electron chi connectivity index (χ4n) is 3.39. The molecule has 0 saturated heterocycles. The average molecular weight is 435 g/mol. The number of carbonyl (C=O) groups is 2. The highest BCUT2D eigenvalue weighted by molar-refractivity contribution is 6.16. The van der Waals surface area contributed by atoms with Crippen LogP contribution in [0, 0.1) is 5.92 Å². The number of halogens is 3. The molecular weight excluding hydrogens is 415 g/mol. The Labute approximate surface area is 176 Å². The van der Waals surface area contributed by atoms with Crippen LogP contribution >= 0.6 is 0 Å². The van der Waals surface area contributed by atoms with Gasteiger partial charge in [-0.3, -0.25) is 14.5 Å². The topological polar surface area (TPSA) is 76.1 Å². The van der Waals surface area contributed by atoms with Crippen molar-refractivity contribution in [3.63, 3.8) is 0 Å². The summed E-state index contributed by atoms with van der Waals surface area (Å²) in [5, 5.41) is 10.5. The van der Waals surface area contributed by atoms with Crippen molar-refractivity contribution in [3.05, 3.63) is 65.4 Å². The number of ketones is 1. The molecule has 1 heterocycles. The zero-order chi connectivity index (χ0) is 22.9. The zero-order valence-corrected chi connectivity index (χ0v) is 16.9. The number of aliphatic hydroxyl groups is 1. The number of methoxy groups -OCH3 is 1. The third-order valence-electron chi connectivity index (χ3n) is 4.74. The van der Waals surface area contributed by atoms with Crippen LogP contribution in [0.5, 0.6) is 11.5 Å². The number of benzene rings is 2. The Balaban J connectivity index is 2.16. The van der Waals surface area contributed by atoms with E-state index in [0.29, 0.717) is 11.3 Å². The molecule has 164 valence electrons. The molecule has 0 aliphatic carbocycles. The molecule has 1 unspecified atom stereocenters. The number of aliphatic hydroxyl groups excluding tert-OH is 1. The average Bonchev–Trinajstić information content (AvgIpc) is 2.97. The highest BCUT2D eigenvalue weighted by atomic mass is 19.4. The summed E-state index contributed by atoms with van der Waals surface area (Å²) in [4.78, 5) is 26.9. The summed E-state index contributed by atoms with van der Waals surface area (Å²) >= 11 is 0. The molecule has 0 saturated carbocycles. The highest BCUT2D eigenvalue weighted by Crippen LogP contribution is 2.43. The van der Waals surface area contributed by atoms with Gasteiger partial charge in [0.1, 0.15) is 11.5 Å². The van der Waals surface area contributed by atoms with Crippen molar-refractivity contribution in [3.8, 4) is 11.5 Å². The molecule has 1 N–H and O–H groups in total. The summed E-state index contributed by atoms with van der Waals surface area (Å²) < 4.78 is 47.2. The van der Waals surface area contributed by atoms with Crippen molar-refractivity contribution in [1.82, 2.24) is 0 Å². The number of rotatable bonds is 6. The molecule has 1 aliphatic heterocycles. The lowest BCUT2D eigenvalue weighted by Crippen LogP contribution is -2.31. The van der Waals surface area contributed by atoms with Crippen LogP contribution in [0.1, 0.15) is 25.5 Å². The monoisotopic (exact) mass is 435 g/mol. The first-order valence-electron chi connectivity index (χ1n) is 9.34. The zero-order valence-electron chi connectivity index (χ0n) is 16.9. The molecule has 1 aliphatic rings. The summed E-state index contributed by atoms with van der Waals surface area (Å²) in [7, 11) is 1.45. The van der Waals surface area contributed by atoms with Gasteiger partial charge in [0, 0.05) is 17.7 Å². The number of hydrogen-bond acceptors (Lipinski definition) is 5. The summed E-state index contributed by atoms with van der Waals surface area (Å²) in [5.41, 5.74) is 0.343. The molecule has 0 aromatic heterocycles. The molecule has 0 radical (unpaired) electrons. The van der Waals surface area contributed by atoms with E-state index in [-0.39, 0.29) is 11.3 Å². The van der Waals surface area contributed by atoms with Crippen molar-refractivity contribution in [2.24, 2.45) is 5.92 Å². The first kappa shape index (κ1) is 22.2. The Bertz CT molecular complexity index is 1050. The predicted octanol–water partition coefficient (Wildman–Crippen LogP) is 4.72. The van der Waals surface area contributed by atoms with Crippen molar-refractivity contribution < 1.29 is 37.3 Å². The molecule has 31 heavy (non-hydrogen) atoms. The van der Waals surface area contributed by atoms with Crippen LogP contribution < -0.4 is 14.4 Å². The second-order valence-electron chi connectivity index (χ2n) is 7.18. The highest BCUT2D eigenvalue weighted by Gasteiger charge is 2.45. The van der Waals surface area contributed by atoms with E-state index in [9.17, 15) is 27.9 Å². The van der Waals surface area contributed by atoms with E-state index in [1.807, 2.05) is 0 Å². The molecule has 9 heteroatoms. The van der Waals surface area contributed by atoms with Gasteiger partial charge in [-0.1, -0.05) is 32.0 Å². The van der Waals surface area contributed by atoms with Gasteiger partial charge in [-0.15, -0.1) is 13.2 Å². The van der Waals surface area contributed by atoms with Crippen LogP contribution in [-0.4, -0.2) is 30.3 Å². The Hall–Kier alpha value is -3.49. The second kappa shape index (κ2) is 8.33. The van der Waals surface area contributed by atoms with Gasteiger partial charge in [-0.2, -0.15) is 0 Å². The third-order valence-corrected chi connectivity index (χ3v) is 4.74. The third kappa shape index (κ3) is 4.50. The van der Waals surface area contributed by atoms with Crippen LogP contribution in [0.2, 0.25) is 0 Å². The lowest BCUT2D eigenvalue weighted by atomic mass is 9.91. The maximum Gasteiger partial charge on any atom is 0.573 e. The van der Waals surface area contributed by atoms with E-state index in [1.165, 1.54) is 19.2 Å². The van der Waals surface area contributed by atoms with Gasteiger partial charge in [0.15, 0.2) is 11.5 Å². The number of ether oxygens (including phenoxy) is 2. The minimum Gasteiger partial charge on any atom is -0.503 e. The normalized spacial score (nSPS) is 16.8. The lowest BCUT2D eigenvalue weighted by Gasteiger charge is -2.28. The quantitative estimate of drug-likeness (QED) is 0.711. The van der Waals surface area contributed by atoms with Gasteiger partial charge in [0.25, 0.3) is 5.91 Å². The van der Waals surface area contributed by atoms with E-state index in [0.717, 1.165) is 17.0 Å². The number of alkyl halides is 3. The number of hydrogen-bond donors (Lipinski definition) is 1. The van der Waals surface area contributed by atoms with Crippen molar-refractivity contribution in [1.29, 1.82) is 0 Å². The molecule has 1 atom stereocenters. The summed E-state index contributed by atoms with van der Waals surface area (Å²) in [6.07, 6.45) is -4.92. The Morgan fingerprint density at radius 1 is 1.10 bits per heavy atom. The molecule has 2 aromatic carbocycles. The van der Waals surface area contributed by atoms with Crippen molar-refractivity contribution in [2.75, 3.05) is 12.0 Å². The van der Waals surface area contributed by atoms with Gasteiger partial charge < -0.3 is 14.6 Å². The summed E-state index contributed by atoms with van der Waals surface area (Å²) in [6, 6.07) is 10.3. The van der Waals surface area contributed by atoms with Gasteiger partial charge in [0.2, 0.25) is 0 Å². The Morgan fingerprint density at radius 3 is 2.35 bits per heavy atom. The molecule has 6 nitrogen and oxygen atoms in total. The second-order valence-corrected chi connectivity index (χ2v) is 7.18. The van der Waals surface area contributed by atoms with E-state index in [2.05, 4.69) is 4.74 Å². The molecular formula is C22H20F3NO5. The van der Waals surface area contributed by atoms with E-state index in [1.54, 1.807) is 38.1 Å². The van der Waals surface area contributed by atoms with Crippen LogP contribution in [-0.2, 0) is 9.59 Å². The van der Waals surface area contributed by atoms with Gasteiger partial charge in [0.05, 0.1) is 18.7 Å². The number of Topliss-reactive ketones (excluding diaryl/α,β-unsaturated/α-hetero) is 1. The lowest BCUT2D eigenvalue weighted by molar-refractivity contribution is -0.274. The standard InChI is InChI=1S/C22H20F3NO5/c1-12(2)19(27)17-18(13-6-4-8-15(10-13)30-3)26(21(29)20(17)28)14-7-5-9-16(11-14)31-22(23,24)25/h4-12,18,28H,1-3H3. The van der Waals surface area contributed by atoms with Gasteiger partial charge in [-0.25, -0.2) is 0 Å². The molecule has 0 fully saturated rings. The molecule has 1 amide bonds. The van der Waals surface area contributed by atoms with Crippen LogP contribution in [0.3, 0.4) is 0 Å². The maximum atomic E-state index is 12.9. The van der Waals surface area contributed by atoms with Crippen LogP contribution in [0.15, 0.2) is 59.9 Å². The fraction of sp³-hybridized carbons (Fsp3) is 0.273. The molecule has 2 aromatic rings. The minimum atomic E-state index is -4.92. The Kier molecular flexibility index (Phi) is 5.97. The number of nitrogens with zero attached hydrogens (tertiary/aromatic N) is 1. The van der Waals surface area contributed by atoms with Crippen molar-refractivity contribution >= 4 is 17.4 Å². The Morgan fingerprint density at radius 2 is 1.74 bits per heavy atom. The van der Waals surface area contributed by atoms with Gasteiger partial charge >= 0.3 is 6.36 Å². The molecule has 0 spiro atoms. The van der Waals surface area contributed by atoms with Crippen LogP contribution in [0.4, 0.5) is 18.9 Å². The maximum absolute atomic E-state index is 12.9. The summed E-state index contributed by atoms with van der Waals surface area (Å²) in [6.45, 7) is 3.24.